The molecule has 0 saturated heterocycles. The maximum absolute atomic E-state index is 5.28. The highest BCUT2D eigenvalue weighted by Crippen LogP contribution is 2.63. The maximum atomic E-state index is 5.28. The van der Waals surface area contributed by atoms with Gasteiger partial charge in [-0.1, -0.05) is 166 Å². The number of rotatable bonds is 4. The average molecular weight is 799 g/mol. The van der Waals surface area contributed by atoms with Crippen LogP contribution in [-0.4, -0.2) is 19.9 Å². The summed E-state index contributed by atoms with van der Waals surface area (Å²) < 4.78 is 0. The van der Waals surface area contributed by atoms with E-state index in [0.29, 0.717) is 0 Å². The first-order valence-electron chi connectivity index (χ1n) is 21.6. The molecule has 4 heteroatoms. The summed E-state index contributed by atoms with van der Waals surface area (Å²) in [5, 5.41) is 4.35. The Labute approximate surface area is 363 Å². The van der Waals surface area contributed by atoms with Gasteiger partial charge in [0.05, 0.1) is 38.9 Å². The molecule has 0 saturated carbocycles. The Morgan fingerprint density at radius 3 is 1.34 bits per heavy atom. The maximum Gasteiger partial charge on any atom is 0.0972 e. The molecule has 298 valence electrons. The summed E-state index contributed by atoms with van der Waals surface area (Å²) in [7, 11) is 0. The fourth-order valence-corrected chi connectivity index (χ4v) is 9.55. The first-order valence-corrected chi connectivity index (χ1v) is 21.6. The molecule has 4 heterocycles. The van der Waals surface area contributed by atoms with Gasteiger partial charge in [-0.25, -0.2) is 9.97 Å². The lowest BCUT2D eigenvalue weighted by Crippen LogP contribution is -2.26. The quantitative estimate of drug-likeness (QED) is 0.131. The van der Waals surface area contributed by atoms with Gasteiger partial charge in [0.2, 0.25) is 0 Å². The predicted molar refractivity (Wildman–Crippen MR) is 260 cm³/mol. The Bertz CT molecular complexity index is 3200. The predicted octanol–water partition coefficient (Wildman–Crippen LogP) is 15.1. The van der Waals surface area contributed by atoms with E-state index in [-0.39, 0.29) is 0 Å². The zero-order valence-electron chi connectivity index (χ0n) is 35.5. The summed E-state index contributed by atoms with van der Waals surface area (Å²) in [6.07, 6.45) is 8.68. The first-order chi connectivity index (χ1) is 30.6. The topological polar surface area (TPSA) is 51.6 Å². The molecule has 0 unspecified atom stereocenters. The summed E-state index contributed by atoms with van der Waals surface area (Å²) in [6.45, 7) is 11.8. The fourth-order valence-electron chi connectivity index (χ4n) is 9.55. The van der Waals surface area contributed by atoms with Gasteiger partial charge in [-0.3, -0.25) is 9.97 Å². The normalized spacial score (nSPS) is 12.9. The number of nitrogens with zero attached hydrogens (tertiary/aromatic N) is 4. The third kappa shape index (κ3) is 6.05. The molecule has 6 aromatic carbocycles. The minimum atomic E-state index is -0.514. The second-order valence-corrected chi connectivity index (χ2v) is 15.8. The van der Waals surface area contributed by atoms with Crippen LogP contribution in [0.4, 0.5) is 0 Å². The van der Waals surface area contributed by atoms with Gasteiger partial charge in [0.25, 0.3) is 0 Å². The Kier molecular flexibility index (Phi) is 9.84. The van der Waals surface area contributed by atoms with Crippen LogP contribution in [0, 0.1) is 0 Å². The molecule has 2 aliphatic rings. The lowest BCUT2D eigenvalue weighted by molar-refractivity contribution is 0.794. The summed E-state index contributed by atoms with van der Waals surface area (Å²) >= 11 is 0. The molecular weight excluding hydrogens is 753 g/mol. The second-order valence-electron chi connectivity index (χ2n) is 15.8. The summed E-state index contributed by atoms with van der Waals surface area (Å²) in [6, 6.07) is 57.1. The van der Waals surface area contributed by atoms with Crippen molar-refractivity contribution in [2.75, 3.05) is 0 Å². The molecule has 10 aromatic rings. The van der Waals surface area contributed by atoms with E-state index in [1.807, 2.05) is 50.5 Å². The van der Waals surface area contributed by atoms with Gasteiger partial charge in [-0.2, -0.15) is 0 Å². The van der Waals surface area contributed by atoms with E-state index in [2.05, 4.69) is 166 Å². The fraction of sp³-hybridized carbons (Fsp3) is 0.103. The molecule has 4 aromatic heterocycles. The molecule has 12 rings (SSSR count). The van der Waals surface area contributed by atoms with Crippen LogP contribution in [0.3, 0.4) is 0 Å². The van der Waals surface area contributed by atoms with Crippen molar-refractivity contribution in [1.29, 1.82) is 0 Å². The smallest absolute Gasteiger partial charge is 0.0972 e. The van der Waals surface area contributed by atoms with Gasteiger partial charge in [-0.05, 0) is 94.3 Å². The molecule has 1 spiro atoms. The Morgan fingerprint density at radius 2 is 0.903 bits per heavy atom. The number of hydrogen-bond donors (Lipinski definition) is 0. The van der Waals surface area contributed by atoms with E-state index in [0.717, 1.165) is 72.5 Å². The lowest BCUT2D eigenvalue weighted by Gasteiger charge is -2.31. The highest BCUT2D eigenvalue weighted by molar-refractivity contribution is 6.05. The first kappa shape index (κ1) is 38.6. The third-order valence-corrected chi connectivity index (χ3v) is 12.5. The van der Waals surface area contributed by atoms with E-state index in [9.17, 15) is 0 Å². The molecule has 2 aliphatic carbocycles. The van der Waals surface area contributed by atoms with Gasteiger partial charge in [0.15, 0.2) is 0 Å². The Morgan fingerprint density at radius 1 is 0.484 bits per heavy atom. The van der Waals surface area contributed by atoms with Crippen molar-refractivity contribution in [1.82, 2.24) is 19.9 Å². The van der Waals surface area contributed by atoms with Crippen molar-refractivity contribution >= 4 is 43.6 Å². The minimum Gasteiger partial charge on any atom is -0.254 e. The van der Waals surface area contributed by atoms with E-state index >= 15 is 0 Å². The van der Waals surface area contributed by atoms with Crippen LogP contribution in [-0.2, 0) is 5.41 Å². The summed E-state index contributed by atoms with van der Waals surface area (Å²) in [4.78, 5) is 20.0. The van der Waals surface area contributed by atoms with E-state index in [4.69, 9.17) is 19.9 Å². The van der Waals surface area contributed by atoms with E-state index < -0.39 is 5.41 Å². The van der Waals surface area contributed by atoms with E-state index in [1.54, 1.807) is 0 Å². The molecule has 0 radical (unpaired) electrons. The van der Waals surface area contributed by atoms with Crippen molar-refractivity contribution < 1.29 is 0 Å². The highest BCUT2D eigenvalue weighted by Gasteiger charge is 2.51. The van der Waals surface area contributed by atoms with Crippen LogP contribution in [0.1, 0.15) is 56.4 Å². The number of fused-ring (bicyclic) bond motifs is 16. The molecule has 0 atom stereocenters. The molecule has 0 fully saturated rings. The molecule has 0 N–H and O–H groups in total. The Balaban J connectivity index is 0.000000467. The minimum absolute atomic E-state index is 0.514. The van der Waals surface area contributed by atoms with Crippen molar-refractivity contribution in [2.24, 2.45) is 0 Å². The Hall–Kier alpha value is -7.56. The van der Waals surface area contributed by atoms with Gasteiger partial charge >= 0.3 is 0 Å². The standard InChI is InChI=1S/C49H28N4.C7H12.C2H6/c1-3-11-39-35(9-1)37-21-17-33(43-23-19-31-15-13-29-7-5-25-50-45(29)47(31)52-43)27-41(37)49(39)40-12-4-2-10-36(40)38-22-18-34(28-42(38)49)44-24-20-32-16-14-30-8-6-26-51-46(30)48(32)53-44;1-4-6-7(3)5-2;1-2/h1-28H;4,6H,1,5H2,2-3H3;1-2H3/b;7-6+;. The number of aromatic nitrogens is 4. The largest absolute Gasteiger partial charge is 0.254 e. The zero-order valence-corrected chi connectivity index (χ0v) is 35.5. The molecule has 4 nitrogen and oxygen atoms in total. The lowest BCUT2D eigenvalue weighted by atomic mass is 9.70. The monoisotopic (exact) mass is 798 g/mol. The molecule has 0 amide bonds. The van der Waals surface area contributed by atoms with Crippen molar-refractivity contribution in [3.8, 4) is 44.8 Å². The van der Waals surface area contributed by atoms with Gasteiger partial charge in [0, 0.05) is 45.1 Å². The number of allylic oxidation sites excluding steroid dienone is 3. The third-order valence-electron chi connectivity index (χ3n) is 12.5. The van der Waals surface area contributed by atoms with Crippen LogP contribution in [0.15, 0.2) is 194 Å². The SMILES string of the molecule is C=C/C=C(\C)CC.CC.c1ccc2c(c1)-c1ccc(-c3ccc4ccc5cccnc5c4n3)cc1C21c2ccccc2-c2ccc(-c3ccc4ccc5cccnc5c4n3)cc21. The van der Waals surface area contributed by atoms with Crippen molar-refractivity contribution in [3.05, 3.63) is 217 Å². The van der Waals surface area contributed by atoms with Crippen LogP contribution >= 0.6 is 0 Å². The summed E-state index contributed by atoms with van der Waals surface area (Å²) in [5.74, 6) is 0. The molecular formula is C58H46N4. The second kappa shape index (κ2) is 15.8. The van der Waals surface area contributed by atoms with Crippen LogP contribution in [0.25, 0.3) is 88.4 Å². The summed E-state index contributed by atoms with van der Waals surface area (Å²) in [5.41, 5.74) is 18.8. The van der Waals surface area contributed by atoms with Gasteiger partial charge in [0.1, 0.15) is 0 Å². The van der Waals surface area contributed by atoms with Crippen LogP contribution in [0.2, 0.25) is 0 Å². The number of benzene rings is 6. The highest BCUT2D eigenvalue weighted by atomic mass is 14.8. The zero-order chi connectivity index (χ0) is 42.4. The van der Waals surface area contributed by atoms with Gasteiger partial charge in [-0.15, -0.1) is 0 Å². The molecule has 62 heavy (non-hydrogen) atoms. The van der Waals surface area contributed by atoms with Crippen LogP contribution in [0.5, 0.6) is 0 Å². The van der Waals surface area contributed by atoms with Crippen molar-refractivity contribution in [3.63, 3.8) is 0 Å². The average Bonchev–Trinajstić information content (AvgIpc) is 3.81. The molecule has 0 bridgehead atoms. The van der Waals surface area contributed by atoms with Gasteiger partial charge < -0.3 is 0 Å². The van der Waals surface area contributed by atoms with Crippen LogP contribution < -0.4 is 0 Å². The number of pyridine rings is 4. The number of hydrogen-bond acceptors (Lipinski definition) is 4. The van der Waals surface area contributed by atoms with E-state index in [1.165, 1.54) is 50.1 Å². The van der Waals surface area contributed by atoms with Crippen molar-refractivity contribution in [2.45, 2.75) is 39.5 Å². The molecule has 0 aliphatic heterocycles.